The fourth-order valence-electron chi connectivity index (χ4n) is 3.46. The van der Waals surface area contributed by atoms with Crippen molar-refractivity contribution < 1.29 is 0 Å². The zero-order valence-electron chi connectivity index (χ0n) is 14.4. The van der Waals surface area contributed by atoms with Crippen LogP contribution in [0.4, 0.5) is 5.95 Å². The molecule has 3 aromatic rings. The average Bonchev–Trinajstić information content (AvgIpc) is 3.10. The van der Waals surface area contributed by atoms with Gasteiger partial charge in [-0.3, -0.25) is 0 Å². The molecule has 5 heteroatoms. The molecule has 0 fully saturated rings. The lowest BCUT2D eigenvalue weighted by atomic mass is 9.92. The van der Waals surface area contributed by atoms with Crippen molar-refractivity contribution >= 4 is 17.5 Å². The van der Waals surface area contributed by atoms with Gasteiger partial charge in [0.25, 0.3) is 0 Å². The number of anilines is 1. The van der Waals surface area contributed by atoms with E-state index in [9.17, 15) is 0 Å². The minimum absolute atomic E-state index is 0.111. The van der Waals surface area contributed by atoms with E-state index in [1.807, 2.05) is 22.9 Å². The Bertz CT molecular complexity index is 869. The Balaban J connectivity index is 1.71. The molecule has 2 atom stereocenters. The largest absolute Gasteiger partial charge is 0.347 e. The number of hydrogen-bond acceptors (Lipinski definition) is 3. The van der Waals surface area contributed by atoms with Gasteiger partial charge in [0.05, 0.1) is 12.1 Å². The molecule has 2 unspecified atom stereocenters. The summed E-state index contributed by atoms with van der Waals surface area (Å²) in [6.45, 7) is 4.42. The van der Waals surface area contributed by atoms with E-state index in [4.69, 9.17) is 11.6 Å². The number of benzene rings is 2. The van der Waals surface area contributed by atoms with Crippen molar-refractivity contribution in [3.8, 4) is 0 Å². The van der Waals surface area contributed by atoms with Crippen molar-refractivity contribution in [3.63, 3.8) is 0 Å². The van der Waals surface area contributed by atoms with E-state index in [1.54, 1.807) is 6.33 Å². The number of nitrogens with zero attached hydrogens (tertiary/aromatic N) is 3. The molecule has 2 heterocycles. The number of nitrogens with one attached hydrogen (secondary N) is 1. The quantitative estimate of drug-likeness (QED) is 0.704. The van der Waals surface area contributed by atoms with Gasteiger partial charge in [-0.25, -0.2) is 4.68 Å². The molecule has 2 aromatic carbocycles. The maximum Gasteiger partial charge on any atom is 0.222 e. The fourth-order valence-corrected chi connectivity index (χ4v) is 3.73. The van der Waals surface area contributed by atoms with Gasteiger partial charge in [-0.1, -0.05) is 67.9 Å². The number of aromatic nitrogens is 3. The van der Waals surface area contributed by atoms with Crippen LogP contribution in [0.5, 0.6) is 0 Å². The Morgan fingerprint density at radius 2 is 1.88 bits per heavy atom. The molecule has 1 N–H and O–H groups in total. The molecule has 0 saturated carbocycles. The van der Waals surface area contributed by atoms with Gasteiger partial charge < -0.3 is 5.32 Å². The van der Waals surface area contributed by atoms with Gasteiger partial charge in [0.1, 0.15) is 6.33 Å². The molecule has 1 aliphatic heterocycles. The Morgan fingerprint density at radius 1 is 1.12 bits per heavy atom. The molecule has 0 aliphatic carbocycles. The van der Waals surface area contributed by atoms with Crippen LogP contribution in [0, 0.1) is 0 Å². The summed E-state index contributed by atoms with van der Waals surface area (Å²) in [7, 11) is 0. The van der Waals surface area contributed by atoms with Crippen LogP contribution in [0.1, 0.15) is 55.0 Å². The minimum Gasteiger partial charge on any atom is -0.347 e. The summed E-state index contributed by atoms with van der Waals surface area (Å²) in [6.07, 6.45) is 2.48. The molecule has 0 bridgehead atoms. The first-order chi connectivity index (χ1) is 12.1. The Morgan fingerprint density at radius 3 is 2.60 bits per heavy atom. The van der Waals surface area contributed by atoms with Gasteiger partial charge in [0.15, 0.2) is 0 Å². The summed E-state index contributed by atoms with van der Waals surface area (Å²) in [5.74, 6) is 1.31. The third-order valence-electron chi connectivity index (χ3n) is 4.90. The zero-order valence-corrected chi connectivity index (χ0v) is 15.1. The van der Waals surface area contributed by atoms with Crippen LogP contribution >= 0.6 is 11.6 Å². The number of fused-ring (bicyclic) bond motifs is 1. The van der Waals surface area contributed by atoms with Gasteiger partial charge in [-0.2, -0.15) is 10.1 Å². The monoisotopic (exact) mass is 352 g/mol. The van der Waals surface area contributed by atoms with Crippen LogP contribution < -0.4 is 5.32 Å². The van der Waals surface area contributed by atoms with E-state index >= 15 is 0 Å². The normalized spacial score (nSPS) is 19.5. The predicted octanol–water partition coefficient (Wildman–Crippen LogP) is 5.20. The maximum atomic E-state index is 6.43. The lowest BCUT2D eigenvalue weighted by Gasteiger charge is -2.32. The highest BCUT2D eigenvalue weighted by Crippen LogP contribution is 2.39. The lowest BCUT2D eigenvalue weighted by Crippen LogP contribution is -2.28. The van der Waals surface area contributed by atoms with Crippen LogP contribution in [0.3, 0.4) is 0 Å². The maximum absolute atomic E-state index is 6.43. The third kappa shape index (κ3) is 3.02. The van der Waals surface area contributed by atoms with E-state index < -0.39 is 0 Å². The SMILES string of the molecule is CC(C)c1ccc(C2CC(c3ccccc3Cl)Nc3ncnn32)cc1. The fraction of sp³-hybridized carbons (Fsp3) is 0.300. The topological polar surface area (TPSA) is 42.7 Å². The van der Waals surface area contributed by atoms with Crippen LogP contribution in [0.2, 0.25) is 5.02 Å². The Hall–Kier alpha value is -2.33. The number of hydrogen-bond donors (Lipinski definition) is 1. The standard InChI is InChI=1S/C20H21ClN4/c1-13(2)14-7-9-15(10-8-14)19-11-18(16-5-3-4-6-17(16)21)24-20-22-12-23-25(19)20/h3-10,12-13,18-19H,11H2,1-2H3,(H,22,23,24). The van der Waals surface area contributed by atoms with Gasteiger partial charge in [-0.05, 0) is 35.1 Å². The Kier molecular flexibility index (Phi) is 4.22. The van der Waals surface area contributed by atoms with Gasteiger partial charge in [0, 0.05) is 5.02 Å². The summed E-state index contributed by atoms with van der Waals surface area (Å²) >= 11 is 6.43. The minimum atomic E-state index is 0.111. The third-order valence-corrected chi connectivity index (χ3v) is 5.24. The molecule has 4 rings (SSSR count). The van der Waals surface area contributed by atoms with Gasteiger partial charge in [-0.15, -0.1) is 0 Å². The lowest BCUT2D eigenvalue weighted by molar-refractivity contribution is 0.431. The van der Waals surface area contributed by atoms with E-state index in [1.165, 1.54) is 11.1 Å². The van der Waals surface area contributed by atoms with Crippen molar-refractivity contribution in [3.05, 3.63) is 76.6 Å². The average molecular weight is 353 g/mol. The highest BCUT2D eigenvalue weighted by Gasteiger charge is 2.30. The molecular weight excluding hydrogens is 332 g/mol. The second-order valence-corrected chi connectivity index (χ2v) is 7.23. The van der Waals surface area contributed by atoms with Gasteiger partial charge in [0.2, 0.25) is 5.95 Å². The van der Waals surface area contributed by atoms with Crippen molar-refractivity contribution in [2.45, 2.75) is 38.3 Å². The van der Waals surface area contributed by atoms with E-state index in [-0.39, 0.29) is 12.1 Å². The highest BCUT2D eigenvalue weighted by atomic mass is 35.5. The van der Waals surface area contributed by atoms with Crippen molar-refractivity contribution in [2.24, 2.45) is 0 Å². The second-order valence-electron chi connectivity index (χ2n) is 6.82. The summed E-state index contributed by atoms with van der Waals surface area (Å²) < 4.78 is 1.97. The predicted molar refractivity (Wildman–Crippen MR) is 101 cm³/mol. The van der Waals surface area contributed by atoms with Gasteiger partial charge >= 0.3 is 0 Å². The molecule has 0 radical (unpaired) electrons. The van der Waals surface area contributed by atoms with Crippen molar-refractivity contribution in [2.75, 3.05) is 5.32 Å². The molecule has 0 spiro atoms. The molecule has 128 valence electrons. The summed E-state index contributed by atoms with van der Waals surface area (Å²) in [5.41, 5.74) is 3.69. The van der Waals surface area contributed by atoms with Crippen molar-refractivity contribution in [1.82, 2.24) is 14.8 Å². The smallest absolute Gasteiger partial charge is 0.222 e. The first kappa shape index (κ1) is 16.2. The van der Waals surface area contributed by atoms with Crippen LogP contribution in [-0.2, 0) is 0 Å². The number of halogens is 1. The molecule has 1 aromatic heterocycles. The van der Waals surface area contributed by atoms with Crippen molar-refractivity contribution in [1.29, 1.82) is 0 Å². The van der Waals surface area contributed by atoms with Crippen LogP contribution in [0.15, 0.2) is 54.9 Å². The first-order valence-electron chi connectivity index (χ1n) is 8.64. The molecule has 1 aliphatic rings. The van der Waals surface area contributed by atoms with E-state index in [2.05, 4.69) is 59.6 Å². The molecule has 25 heavy (non-hydrogen) atoms. The zero-order chi connectivity index (χ0) is 17.4. The summed E-state index contributed by atoms with van der Waals surface area (Å²) in [5, 5.41) is 8.68. The highest BCUT2D eigenvalue weighted by molar-refractivity contribution is 6.31. The number of rotatable bonds is 3. The summed E-state index contributed by atoms with van der Waals surface area (Å²) in [6, 6.07) is 17.1. The molecular formula is C20H21ClN4. The second kappa shape index (κ2) is 6.52. The van der Waals surface area contributed by atoms with Crippen LogP contribution in [-0.4, -0.2) is 14.8 Å². The van der Waals surface area contributed by atoms with Crippen LogP contribution in [0.25, 0.3) is 0 Å². The molecule has 0 saturated heterocycles. The molecule has 4 nitrogen and oxygen atoms in total. The molecule has 0 amide bonds. The van der Waals surface area contributed by atoms with E-state index in [0.717, 1.165) is 23.0 Å². The first-order valence-corrected chi connectivity index (χ1v) is 9.01. The summed E-state index contributed by atoms with van der Waals surface area (Å²) in [4.78, 5) is 4.38. The van der Waals surface area contributed by atoms with E-state index in [0.29, 0.717) is 5.92 Å². The Labute approximate surface area is 152 Å².